The molecule has 0 spiro atoms. The molecule has 1 N–H and O–H groups in total. The second kappa shape index (κ2) is 7.76. The summed E-state index contributed by atoms with van der Waals surface area (Å²) in [6, 6.07) is 7.31. The molecular weight excluding hydrogens is 410 g/mol. The summed E-state index contributed by atoms with van der Waals surface area (Å²) >= 11 is 0. The van der Waals surface area contributed by atoms with Crippen LogP contribution in [0.15, 0.2) is 52.3 Å². The Hall–Kier alpha value is -2.04. The molecule has 1 saturated heterocycles. The van der Waals surface area contributed by atoms with Gasteiger partial charge in [-0.05, 0) is 55.2 Å². The summed E-state index contributed by atoms with van der Waals surface area (Å²) in [6.07, 6.45) is 1.58. The number of benzene rings is 2. The zero-order valence-electron chi connectivity index (χ0n) is 15.1. The Balaban J connectivity index is 1.79. The van der Waals surface area contributed by atoms with E-state index in [9.17, 15) is 25.6 Å². The van der Waals surface area contributed by atoms with Gasteiger partial charge >= 0.3 is 0 Å². The van der Waals surface area contributed by atoms with Crippen LogP contribution in [0, 0.1) is 17.6 Å². The van der Waals surface area contributed by atoms with E-state index in [1.54, 1.807) is 0 Å². The Bertz CT molecular complexity index is 1060. The summed E-state index contributed by atoms with van der Waals surface area (Å²) in [4.78, 5) is -0.647. The van der Waals surface area contributed by atoms with Crippen molar-refractivity contribution in [3.05, 3.63) is 54.1 Å². The van der Waals surface area contributed by atoms with Crippen molar-refractivity contribution >= 4 is 25.7 Å². The lowest BCUT2D eigenvalue weighted by molar-refractivity contribution is 0.288. The highest BCUT2D eigenvalue weighted by Crippen LogP contribution is 2.25. The highest BCUT2D eigenvalue weighted by molar-refractivity contribution is 7.92. The minimum Gasteiger partial charge on any atom is -0.280 e. The summed E-state index contributed by atoms with van der Waals surface area (Å²) in [7, 11) is -7.94. The Morgan fingerprint density at radius 3 is 2.14 bits per heavy atom. The highest BCUT2D eigenvalue weighted by Gasteiger charge is 2.28. The zero-order valence-corrected chi connectivity index (χ0v) is 16.7. The predicted molar refractivity (Wildman–Crippen MR) is 101 cm³/mol. The van der Waals surface area contributed by atoms with E-state index in [1.165, 1.54) is 28.6 Å². The SMILES string of the molecule is CC1CCN(S(=O)(=O)c2ccc(NS(=O)(=O)c3ccc(F)cc3F)cc2)CC1. The van der Waals surface area contributed by atoms with Crippen molar-refractivity contribution in [3.8, 4) is 0 Å². The lowest BCUT2D eigenvalue weighted by Crippen LogP contribution is -2.37. The minimum absolute atomic E-state index is 0.0537. The summed E-state index contributed by atoms with van der Waals surface area (Å²) in [5.41, 5.74) is 0.0648. The van der Waals surface area contributed by atoms with Crippen molar-refractivity contribution in [2.75, 3.05) is 17.8 Å². The minimum atomic E-state index is -4.29. The van der Waals surface area contributed by atoms with Gasteiger partial charge in [0.25, 0.3) is 10.0 Å². The van der Waals surface area contributed by atoms with Gasteiger partial charge in [0, 0.05) is 24.8 Å². The van der Waals surface area contributed by atoms with Crippen LogP contribution in [-0.2, 0) is 20.0 Å². The molecule has 0 saturated carbocycles. The molecule has 1 aliphatic rings. The van der Waals surface area contributed by atoms with Gasteiger partial charge < -0.3 is 0 Å². The van der Waals surface area contributed by atoms with Crippen LogP contribution in [0.25, 0.3) is 0 Å². The predicted octanol–water partition coefficient (Wildman–Crippen LogP) is 3.19. The summed E-state index contributed by atoms with van der Waals surface area (Å²) in [6.45, 7) is 2.97. The first-order chi connectivity index (χ1) is 13.1. The molecule has 0 bridgehead atoms. The highest BCUT2D eigenvalue weighted by atomic mass is 32.2. The van der Waals surface area contributed by atoms with Crippen LogP contribution in [0.1, 0.15) is 19.8 Å². The van der Waals surface area contributed by atoms with E-state index in [-0.39, 0.29) is 10.6 Å². The molecule has 0 unspecified atom stereocenters. The van der Waals surface area contributed by atoms with E-state index in [1.807, 2.05) is 0 Å². The maximum Gasteiger partial charge on any atom is 0.264 e. The van der Waals surface area contributed by atoms with Crippen molar-refractivity contribution in [1.29, 1.82) is 0 Å². The van der Waals surface area contributed by atoms with Crippen LogP contribution in [0.5, 0.6) is 0 Å². The molecule has 0 aliphatic carbocycles. The van der Waals surface area contributed by atoms with Crippen molar-refractivity contribution in [2.45, 2.75) is 29.6 Å². The van der Waals surface area contributed by atoms with Crippen LogP contribution in [0.3, 0.4) is 0 Å². The van der Waals surface area contributed by atoms with Gasteiger partial charge in [-0.25, -0.2) is 25.6 Å². The number of hydrogen-bond donors (Lipinski definition) is 1. The van der Waals surface area contributed by atoms with Gasteiger partial charge in [0.1, 0.15) is 16.5 Å². The van der Waals surface area contributed by atoms with Crippen molar-refractivity contribution < 1.29 is 25.6 Å². The van der Waals surface area contributed by atoms with Crippen LogP contribution in [0.4, 0.5) is 14.5 Å². The lowest BCUT2D eigenvalue weighted by atomic mass is 10.0. The second-order valence-corrected chi connectivity index (χ2v) is 10.4. The standard InChI is InChI=1S/C18H20F2N2O4S2/c1-13-8-10-22(11-9-13)28(25,26)16-5-3-15(4-6-16)21-27(23,24)18-7-2-14(19)12-17(18)20/h2-7,12-13,21H,8-11H2,1H3. The van der Waals surface area contributed by atoms with Crippen molar-refractivity contribution in [3.63, 3.8) is 0 Å². The van der Waals surface area contributed by atoms with E-state index in [4.69, 9.17) is 0 Å². The molecule has 0 atom stereocenters. The number of sulfonamides is 2. The molecule has 1 fully saturated rings. The van der Waals surface area contributed by atoms with Gasteiger partial charge in [-0.3, -0.25) is 4.72 Å². The smallest absolute Gasteiger partial charge is 0.264 e. The maximum absolute atomic E-state index is 13.8. The molecule has 1 aliphatic heterocycles. The third kappa shape index (κ3) is 4.34. The molecule has 10 heteroatoms. The van der Waals surface area contributed by atoms with E-state index < -0.39 is 36.6 Å². The zero-order chi connectivity index (χ0) is 20.5. The number of rotatable bonds is 5. The fraction of sp³-hybridized carbons (Fsp3) is 0.333. The maximum atomic E-state index is 13.8. The number of nitrogens with one attached hydrogen (secondary N) is 1. The van der Waals surface area contributed by atoms with E-state index in [0.717, 1.165) is 25.0 Å². The van der Waals surface area contributed by atoms with Crippen molar-refractivity contribution in [2.24, 2.45) is 5.92 Å². The van der Waals surface area contributed by atoms with E-state index in [0.29, 0.717) is 25.1 Å². The first kappa shape index (κ1) is 20.7. The van der Waals surface area contributed by atoms with Gasteiger partial charge in [0.2, 0.25) is 10.0 Å². The van der Waals surface area contributed by atoms with Gasteiger partial charge in [-0.2, -0.15) is 4.31 Å². The summed E-state index contributed by atoms with van der Waals surface area (Å²) in [5.74, 6) is -1.63. The molecule has 0 aromatic heterocycles. The van der Waals surface area contributed by atoms with E-state index in [2.05, 4.69) is 11.6 Å². The largest absolute Gasteiger partial charge is 0.280 e. The Morgan fingerprint density at radius 2 is 1.57 bits per heavy atom. The molecule has 0 amide bonds. The molecule has 2 aromatic carbocycles. The van der Waals surface area contributed by atoms with E-state index >= 15 is 0 Å². The summed E-state index contributed by atoms with van der Waals surface area (Å²) < 4.78 is 80.3. The number of piperidine rings is 1. The van der Waals surface area contributed by atoms with Gasteiger partial charge in [-0.1, -0.05) is 6.92 Å². The van der Waals surface area contributed by atoms with Crippen LogP contribution < -0.4 is 4.72 Å². The second-order valence-electron chi connectivity index (χ2n) is 6.79. The molecule has 28 heavy (non-hydrogen) atoms. The molecule has 0 radical (unpaired) electrons. The average Bonchev–Trinajstić information content (AvgIpc) is 2.62. The molecule has 2 aromatic rings. The average molecular weight is 430 g/mol. The van der Waals surface area contributed by atoms with Crippen molar-refractivity contribution in [1.82, 2.24) is 4.31 Å². The van der Waals surface area contributed by atoms with Gasteiger partial charge in [-0.15, -0.1) is 0 Å². The van der Waals surface area contributed by atoms with Gasteiger partial charge in [0.15, 0.2) is 0 Å². The number of anilines is 1. The lowest BCUT2D eigenvalue weighted by Gasteiger charge is -2.29. The Morgan fingerprint density at radius 1 is 0.964 bits per heavy atom. The molecule has 3 rings (SSSR count). The topological polar surface area (TPSA) is 83.6 Å². The third-order valence-corrected chi connectivity index (χ3v) is 8.00. The normalized spacial score (nSPS) is 16.8. The molecule has 6 nitrogen and oxygen atoms in total. The molecular formula is C18H20F2N2O4S2. The third-order valence-electron chi connectivity index (χ3n) is 4.67. The quantitative estimate of drug-likeness (QED) is 0.790. The monoisotopic (exact) mass is 430 g/mol. The van der Waals surface area contributed by atoms with Gasteiger partial charge in [0.05, 0.1) is 4.90 Å². The number of hydrogen-bond acceptors (Lipinski definition) is 4. The first-order valence-electron chi connectivity index (χ1n) is 8.68. The fourth-order valence-corrected chi connectivity index (χ4v) is 5.56. The number of halogens is 2. The van der Waals surface area contributed by atoms with Crippen LogP contribution in [-0.4, -0.2) is 34.2 Å². The van der Waals surface area contributed by atoms with Crippen LogP contribution in [0.2, 0.25) is 0 Å². The molecule has 1 heterocycles. The molecule has 152 valence electrons. The first-order valence-corrected chi connectivity index (χ1v) is 11.6. The van der Waals surface area contributed by atoms with Crippen LogP contribution >= 0.6 is 0 Å². The summed E-state index contributed by atoms with van der Waals surface area (Å²) in [5, 5.41) is 0. The Kier molecular flexibility index (Phi) is 5.74. The number of nitrogens with zero attached hydrogens (tertiary/aromatic N) is 1. The fourth-order valence-electron chi connectivity index (χ4n) is 2.97. The Labute approximate surface area is 163 Å².